The first-order valence-electron chi connectivity index (χ1n) is 39.9. The molecule has 0 fully saturated rings. The lowest BCUT2D eigenvalue weighted by Crippen LogP contribution is -2.30. The lowest BCUT2D eigenvalue weighted by molar-refractivity contribution is -0.161. The Hall–Kier alpha value is -7.40. The van der Waals surface area contributed by atoms with E-state index in [-0.39, 0.29) is 25.7 Å². The highest BCUT2D eigenvalue weighted by Crippen LogP contribution is 2.45. The summed E-state index contributed by atoms with van der Waals surface area (Å²) in [6.45, 7) is 4.04. The highest BCUT2D eigenvalue weighted by Gasteiger charge is 2.30. The number of unbranched alkanes of at least 4 members (excludes halogenated alkanes) is 4. The number of carbonyl (C=O) groups excluding carboxylic acids is 4. The van der Waals surface area contributed by atoms with Gasteiger partial charge in [-0.05, 0) is 173 Å². The molecule has 0 heterocycles. The molecule has 5 atom stereocenters. The van der Waals surface area contributed by atoms with Crippen LogP contribution >= 0.6 is 15.6 Å². The van der Waals surface area contributed by atoms with E-state index >= 15 is 0 Å². The van der Waals surface area contributed by atoms with Crippen LogP contribution in [0.1, 0.15) is 233 Å². The van der Waals surface area contributed by atoms with Gasteiger partial charge in [-0.1, -0.05) is 289 Å². The highest BCUT2D eigenvalue weighted by atomic mass is 31.2. The second-order valence-corrected chi connectivity index (χ2v) is 28.0. The minimum atomic E-state index is -5.04. The van der Waals surface area contributed by atoms with E-state index < -0.39 is 97.5 Å². The number of esters is 4. The molecular weight excluding hydrogens is 1430 g/mol. The van der Waals surface area contributed by atoms with Crippen LogP contribution in [0.5, 0.6) is 0 Å². The molecule has 0 radical (unpaired) electrons. The Morgan fingerprint density at radius 2 is 0.509 bits per heavy atom. The smallest absolute Gasteiger partial charge is 0.462 e. The van der Waals surface area contributed by atoms with Gasteiger partial charge in [0.05, 0.1) is 32.8 Å². The van der Waals surface area contributed by atoms with Crippen LogP contribution in [0.4, 0.5) is 0 Å². The van der Waals surface area contributed by atoms with Crippen molar-refractivity contribution in [3.8, 4) is 0 Å². The minimum Gasteiger partial charge on any atom is -0.462 e. The Morgan fingerprint density at radius 3 is 0.827 bits per heavy atom. The number of hydrogen-bond donors (Lipinski definition) is 3. The number of allylic oxidation sites excluding steroid dienone is 41. The number of phosphoric acid groups is 2. The van der Waals surface area contributed by atoms with E-state index in [4.69, 9.17) is 37.0 Å². The second kappa shape index (κ2) is 79.7. The standard InChI is InChI=1S/C91H136O17P2/c1-5-9-13-17-21-25-29-33-37-40-42-45-49-52-56-60-64-68-72-76-89(94)102-82-87(108-91(96)78-74-70-66-62-58-54-50-46-43-41-38-34-30-26-22-18-14-10-6-2)84-106-110(99,100)104-80-85(92)79-103-109(97,98)105-83-86(107-90(95)77-73-69-65-61-57-53-47-36-32-28-24-20-16-12-8-4)81-101-88(93)75-71-67-63-59-55-51-48-44-39-35-31-27-23-19-15-11-7-3/h9-16,21-28,33-39,42-43,45-48,51-52,54,56-59,61,63-64,68-69,73,85-87,92H,5-8,17-20,29-32,40-41,44,49-50,53,55,60,62,65-67,70-72,74-84H2,1-4H3,(H,97,98)(H,99,100)/b13-9-,14-10-,15-11-,16-12-,25-21-,26-22-,27-23-,28-24-,37-33-,38-34-,39-35-,45-42-,46-43-,47-36-,51-48-,56-52-,58-54-,61-57-,63-59-,68-64-,73-69-. The van der Waals surface area contributed by atoms with E-state index in [0.717, 1.165) is 141 Å². The number of carbonyl (C=O) groups is 4. The first-order chi connectivity index (χ1) is 53.7. The molecule has 5 unspecified atom stereocenters. The molecule has 3 N–H and O–H groups in total. The summed E-state index contributed by atoms with van der Waals surface area (Å²) in [5.41, 5.74) is 0. The average Bonchev–Trinajstić information content (AvgIpc) is 0.900. The summed E-state index contributed by atoms with van der Waals surface area (Å²) in [4.78, 5) is 73.0. The zero-order valence-corrected chi connectivity index (χ0v) is 68.6. The van der Waals surface area contributed by atoms with Crippen molar-refractivity contribution < 1.29 is 80.2 Å². The fourth-order valence-corrected chi connectivity index (χ4v) is 10.7. The molecule has 0 spiro atoms. The van der Waals surface area contributed by atoms with E-state index in [1.54, 1.807) is 12.2 Å². The van der Waals surface area contributed by atoms with Crippen molar-refractivity contribution >= 4 is 39.5 Å². The summed E-state index contributed by atoms with van der Waals surface area (Å²) < 4.78 is 68.3. The van der Waals surface area contributed by atoms with Gasteiger partial charge in [-0.2, -0.15) is 0 Å². The zero-order chi connectivity index (χ0) is 80.3. The third-order valence-corrected chi connectivity index (χ3v) is 16.9. The van der Waals surface area contributed by atoms with Gasteiger partial charge in [0.25, 0.3) is 0 Å². The van der Waals surface area contributed by atoms with Gasteiger partial charge in [-0.15, -0.1) is 0 Å². The second-order valence-electron chi connectivity index (χ2n) is 25.1. The van der Waals surface area contributed by atoms with Crippen LogP contribution in [0, 0.1) is 0 Å². The lowest BCUT2D eigenvalue weighted by Gasteiger charge is -2.21. The molecule has 0 saturated heterocycles. The average molecular weight is 1560 g/mol. The molecule has 0 aliphatic heterocycles. The topological polar surface area (TPSA) is 237 Å². The van der Waals surface area contributed by atoms with E-state index in [1.807, 2.05) is 42.5 Å². The number of aliphatic hydroxyl groups excluding tert-OH is 1. The maximum atomic E-state index is 13.1. The molecule has 0 rings (SSSR count). The van der Waals surface area contributed by atoms with Gasteiger partial charge in [0.2, 0.25) is 0 Å². The third-order valence-electron chi connectivity index (χ3n) is 15.0. The highest BCUT2D eigenvalue weighted by molar-refractivity contribution is 7.47. The molecule has 0 saturated carbocycles. The van der Waals surface area contributed by atoms with Crippen molar-refractivity contribution in [2.75, 3.05) is 39.6 Å². The normalized spacial score (nSPS) is 15.2. The Labute approximate surface area is 662 Å². The van der Waals surface area contributed by atoms with E-state index in [9.17, 15) is 43.2 Å². The van der Waals surface area contributed by atoms with Crippen molar-refractivity contribution in [1.82, 2.24) is 0 Å². The summed E-state index contributed by atoms with van der Waals surface area (Å²) in [5.74, 6) is -2.57. The number of phosphoric ester groups is 2. The summed E-state index contributed by atoms with van der Waals surface area (Å²) in [6.07, 6.45) is 106. The van der Waals surface area contributed by atoms with Gasteiger partial charge in [0.15, 0.2) is 12.2 Å². The quantitative estimate of drug-likeness (QED) is 0.0169. The molecule has 0 aromatic rings. The van der Waals surface area contributed by atoms with Crippen LogP contribution < -0.4 is 0 Å². The van der Waals surface area contributed by atoms with Crippen molar-refractivity contribution in [3.05, 3.63) is 255 Å². The molecule has 0 amide bonds. The number of hydrogen-bond acceptors (Lipinski definition) is 15. The fraction of sp³-hybridized carbons (Fsp3) is 0.495. The number of aliphatic hydroxyl groups is 1. The van der Waals surface area contributed by atoms with Crippen molar-refractivity contribution in [2.45, 2.75) is 251 Å². The Balaban J connectivity index is 5.63. The molecular formula is C91H136O17P2. The molecule has 0 aliphatic carbocycles. The van der Waals surface area contributed by atoms with Crippen LogP contribution in [0.3, 0.4) is 0 Å². The maximum Gasteiger partial charge on any atom is 0.472 e. The van der Waals surface area contributed by atoms with E-state index in [1.165, 1.54) is 0 Å². The summed E-state index contributed by atoms with van der Waals surface area (Å²) >= 11 is 0. The van der Waals surface area contributed by atoms with Crippen molar-refractivity contribution in [1.29, 1.82) is 0 Å². The fourth-order valence-electron chi connectivity index (χ4n) is 9.15. The van der Waals surface area contributed by atoms with Crippen LogP contribution in [0.25, 0.3) is 0 Å². The van der Waals surface area contributed by atoms with E-state index in [0.29, 0.717) is 38.5 Å². The van der Waals surface area contributed by atoms with Crippen LogP contribution in [0.2, 0.25) is 0 Å². The molecule has 612 valence electrons. The molecule has 110 heavy (non-hydrogen) atoms. The first kappa shape index (κ1) is 103. The molecule has 19 heteroatoms. The predicted molar refractivity (Wildman–Crippen MR) is 454 cm³/mol. The maximum absolute atomic E-state index is 13.1. The first-order valence-corrected chi connectivity index (χ1v) is 42.9. The van der Waals surface area contributed by atoms with Crippen LogP contribution in [0.15, 0.2) is 255 Å². The van der Waals surface area contributed by atoms with Gasteiger partial charge in [0.1, 0.15) is 19.3 Å². The molecule has 0 aromatic heterocycles. The molecule has 0 aliphatic rings. The van der Waals surface area contributed by atoms with Gasteiger partial charge in [-0.3, -0.25) is 37.3 Å². The monoisotopic (exact) mass is 1560 g/mol. The zero-order valence-electron chi connectivity index (χ0n) is 66.8. The van der Waals surface area contributed by atoms with Crippen LogP contribution in [-0.4, -0.2) is 96.7 Å². The molecule has 0 bridgehead atoms. The summed E-state index contributed by atoms with van der Waals surface area (Å²) in [5, 5.41) is 10.6. The Bertz CT molecular complexity index is 3100. The van der Waals surface area contributed by atoms with Crippen molar-refractivity contribution in [3.63, 3.8) is 0 Å². The van der Waals surface area contributed by atoms with Gasteiger partial charge >= 0.3 is 39.5 Å². The SMILES string of the molecule is CC/C=C\C/C=C\C/C=C\C/C=C\C/C=C\C/C=C\CCC(=O)OCC(COP(=O)(O)OCC(O)COP(=O)(O)OCC(COC(=O)CCC/C=C\C/C=C\C/C=C\C/C=C\C/C=C\CC)OC(=O)C/C=C\C/C=C\C/C=C\C/C=C\C/C=C\CC)OC(=O)CCCCC/C=C\C/C=C\C/C=C\C/C=C\C/C=C\CC. The Morgan fingerprint density at radius 1 is 0.264 bits per heavy atom. The third kappa shape index (κ3) is 78.7. The Kier molecular flexibility index (Phi) is 74.3. The number of rotatable bonds is 71. The molecule has 17 nitrogen and oxygen atoms in total. The van der Waals surface area contributed by atoms with E-state index in [2.05, 4.69) is 228 Å². The lowest BCUT2D eigenvalue weighted by atomic mass is 10.1. The van der Waals surface area contributed by atoms with Gasteiger partial charge in [0, 0.05) is 19.3 Å². The predicted octanol–water partition coefficient (Wildman–Crippen LogP) is 23.8. The minimum absolute atomic E-state index is 0.0127. The largest absolute Gasteiger partial charge is 0.472 e. The summed E-state index contributed by atoms with van der Waals surface area (Å²) in [7, 11) is -10.1. The number of ether oxygens (including phenoxy) is 4. The summed E-state index contributed by atoms with van der Waals surface area (Å²) in [6, 6.07) is 0. The van der Waals surface area contributed by atoms with Crippen LogP contribution in [-0.2, 0) is 65.4 Å². The van der Waals surface area contributed by atoms with Gasteiger partial charge < -0.3 is 33.8 Å². The van der Waals surface area contributed by atoms with Gasteiger partial charge in [-0.25, -0.2) is 9.13 Å². The molecule has 0 aromatic carbocycles. The van der Waals surface area contributed by atoms with Crippen molar-refractivity contribution in [2.24, 2.45) is 0 Å².